The lowest BCUT2D eigenvalue weighted by Crippen LogP contribution is -2.26. The molecule has 2 aromatic carbocycles. The second-order valence-corrected chi connectivity index (χ2v) is 6.42. The first-order valence-corrected chi connectivity index (χ1v) is 9.49. The first-order valence-electron chi connectivity index (χ1n) is 9.49. The molecule has 0 heterocycles. The Morgan fingerprint density at radius 3 is 2.62 bits per heavy atom. The third-order valence-electron chi connectivity index (χ3n) is 4.09. The highest BCUT2D eigenvalue weighted by atomic mass is 16.5. The van der Waals surface area contributed by atoms with Crippen molar-refractivity contribution in [1.82, 2.24) is 5.32 Å². The quantitative estimate of drug-likeness (QED) is 0.387. The third-order valence-corrected chi connectivity index (χ3v) is 4.09. The van der Waals surface area contributed by atoms with E-state index in [0.717, 1.165) is 5.56 Å². The Morgan fingerprint density at radius 1 is 1.17 bits per heavy atom. The van der Waals surface area contributed by atoms with Gasteiger partial charge < -0.3 is 15.4 Å². The van der Waals surface area contributed by atoms with Gasteiger partial charge >= 0.3 is 0 Å². The number of carbonyl (C=O) groups excluding carboxylic acids is 2. The number of nitriles is 1. The zero-order chi connectivity index (χ0) is 21.1. The van der Waals surface area contributed by atoms with Crippen LogP contribution in [0.3, 0.4) is 0 Å². The molecule has 0 spiro atoms. The van der Waals surface area contributed by atoms with Crippen LogP contribution < -0.4 is 10.6 Å². The number of nitrogens with one attached hydrogen (secondary N) is 2. The molecule has 0 saturated heterocycles. The molecule has 0 aromatic heterocycles. The van der Waals surface area contributed by atoms with Crippen molar-refractivity contribution in [3.05, 3.63) is 70.8 Å². The van der Waals surface area contributed by atoms with E-state index in [1.54, 1.807) is 36.4 Å². The Morgan fingerprint density at radius 2 is 1.93 bits per heavy atom. The van der Waals surface area contributed by atoms with E-state index in [0.29, 0.717) is 43.0 Å². The molecule has 0 aliphatic rings. The number of amides is 2. The van der Waals surface area contributed by atoms with Gasteiger partial charge in [-0.15, -0.1) is 0 Å². The van der Waals surface area contributed by atoms with Crippen molar-refractivity contribution in [2.45, 2.75) is 20.3 Å². The molecule has 0 aliphatic heterocycles. The lowest BCUT2D eigenvalue weighted by Gasteiger charge is -2.07. The topological polar surface area (TPSA) is 91.2 Å². The molecule has 0 aliphatic carbocycles. The molecule has 0 atom stereocenters. The Labute approximate surface area is 171 Å². The molecule has 2 aromatic rings. The number of aryl methyl sites for hydroxylation is 1. The van der Waals surface area contributed by atoms with Crippen LogP contribution >= 0.6 is 0 Å². The van der Waals surface area contributed by atoms with E-state index in [1.807, 2.05) is 32.0 Å². The van der Waals surface area contributed by atoms with Gasteiger partial charge in [0.15, 0.2) is 0 Å². The summed E-state index contributed by atoms with van der Waals surface area (Å²) in [5.74, 6) is -0.656. The molecule has 0 saturated carbocycles. The van der Waals surface area contributed by atoms with E-state index in [4.69, 9.17) is 4.74 Å². The normalized spacial score (nSPS) is 10.9. The van der Waals surface area contributed by atoms with Gasteiger partial charge in [-0.1, -0.05) is 29.8 Å². The van der Waals surface area contributed by atoms with E-state index in [9.17, 15) is 14.9 Å². The van der Waals surface area contributed by atoms with Gasteiger partial charge in [0.05, 0.1) is 0 Å². The second kappa shape index (κ2) is 11.4. The maximum absolute atomic E-state index is 12.4. The third kappa shape index (κ3) is 7.24. The minimum absolute atomic E-state index is 0.00317. The Kier molecular flexibility index (Phi) is 8.61. The minimum Gasteiger partial charge on any atom is -0.382 e. The zero-order valence-electron chi connectivity index (χ0n) is 16.7. The van der Waals surface area contributed by atoms with Crippen LogP contribution in [-0.2, 0) is 9.53 Å². The predicted octanol–water partition coefficient (Wildman–Crippen LogP) is 3.70. The van der Waals surface area contributed by atoms with Crippen molar-refractivity contribution in [2.24, 2.45) is 0 Å². The molecule has 0 radical (unpaired) electrons. The average molecular weight is 391 g/mol. The van der Waals surface area contributed by atoms with E-state index >= 15 is 0 Å². The van der Waals surface area contributed by atoms with Crippen molar-refractivity contribution in [3.8, 4) is 6.07 Å². The second-order valence-electron chi connectivity index (χ2n) is 6.42. The van der Waals surface area contributed by atoms with Crippen LogP contribution in [0.4, 0.5) is 5.69 Å². The smallest absolute Gasteiger partial charge is 0.261 e. The largest absolute Gasteiger partial charge is 0.382 e. The minimum atomic E-state index is -0.432. The Bertz CT molecular complexity index is 912. The fourth-order valence-corrected chi connectivity index (χ4v) is 2.55. The van der Waals surface area contributed by atoms with Crippen LogP contribution in [0.15, 0.2) is 54.1 Å². The van der Waals surface area contributed by atoms with Gasteiger partial charge in [0.2, 0.25) is 0 Å². The summed E-state index contributed by atoms with van der Waals surface area (Å²) in [7, 11) is 0. The van der Waals surface area contributed by atoms with Gasteiger partial charge in [-0.25, -0.2) is 0 Å². The summed E-state index contributed by atoms with van der Waals surface area (Å²) >= 11 is 0. The highest BCUT2D eigenvalue weighted by Gasteiger charge is 2.09. The molecule has 6 nitrogen and oxygen atoms in total. The molecule has 2 amide bonds. The molecule has 0 bridgehead atoms. The summed E-state index contributed by atoms with van der Waals surface area (Å²) in [5.41, 5.74) is 2.87. The van der Waals surface area contributed by atoms with Crippen molar-refractivity contribution < 1.29 is 14.3 Å². The first kappa shape index (κ1) is 21.9. The number of hydrogen-bond acceptors (Lipinski definition) is 4. The molecule has 6 heteroatoms. The standard InChI is InChI=1S/C23H25N3O3/c1-3-29-13-5-12-25-22(27)20(16-24)14-18-6-4-7-21(15-18)26-23(28)19-10-8-17(2)9-11-19/h4,6-11,14-15H,3,5,12-13H2,1-2H3,(H,25,27)(H,26,28)/b20-14+. The van der Waals surface area contributed by atoms with Crippen molar-refractivity contribution in [2.75, 3.05) is 25.1 Å². The van der Waals surface area contributed by atoms with Crippen LogP contribution in [0.25, 0.3) is 6.08 Å². The van der Waals surface area contributed by atoms with Crippen molar-refractivity contribution in [3.63, 3.8) is 0 Å². The number of anilines is 1. The number of benzene rings is 2. The summed E-state index contributed by atoms with van der Waals surface area (Å²) in [6.45, 7) is 5.50. The van der Waals surface area contributed by atoms with Crippen molar-refractivity contribution in [1.29, 1.82) is 5.26 Å². The van der Waals surface area contributed by atoms with Gasteiger partial charge in [0.25, 0.3) is 11.8 Å². The van der Waals surface area contributed by atoms with Gasteiger partial charge in [0, 0.05) is 31.0 Å². The summed E-state index contributed by atoms with van der Waals surface area (Å²) in [6, 6.07) is 16.2. The highest BCUT2D eigenvalue weighted by Crippen LogP contribution is 2.15. The SMILES string of the molecule is CCOCCCNC(=O)/C(C#N)=C/c1cccc(NC(=O)c2ccc(C)cc2)c1. The van der Waals surface area contributed by atoms with E-state index in [2.05, 4.69) is 10.6 Å². The molecule has 150 valence electrons. The molecule has 2 rings (SSSR count). The molecule has 0 unspecified atom stereocenters. The van der Waals surface area contributed by atoms with E-state index in [1.165, 1.54) is 6.08 Å². The van der Waals surface area contributed by atoms with Crippen molar-refractivity contribution >= 4 is 23.6 Å². The number of nitrogens with zero attached hydrogens (tertiary/aromatic N) is 1. The monoisotopic (exact) mass is 391 g/mol. The maximum Gasteiger partial charge on any atom is 0.261 e. The summed E-state index contributed by atoms with van der Waals surface area (Å²) in [6.07, 6.45) is 2.18. The molecular weight excluding hydrogens is 366 g/mol. The summed E-state index contributed by atoms with van der Waals surface area (Å²) in [5, 5.41) is 14.8. The highest BCUT2D eigenvalue weighted by molar-refractivity contribution is 6.05. The fourth-order valence-electron chi connectivity index (χ4n) is 2.55. The first-order chi connectivity index (χ1) is 14.0. The van der Waals surface area contributed by atoms with Crippen LogP contribution in [-0.4, -0.2) is 31.6 Å². The van der Waals surface area contributed by atoms with Gasteiger partial charge in [0.1, 0.15) is 11.6 Å². The van der Waals surface area contributed by atoms with E-state index in [-0.39, 0.29) is 11.5 Å². The lowest BCUT2D eigenvalue weighted by molar-refractivity contribution is -0.117. The molecule has 0 fully saturated rings. The number of hydrogen-bond donors (Lipinski definition) is 2. The molecule has 29 heavy (non-hydrogen) atoms. The number of carbonyl (C=O) groups is 2. The summed E-state index contributed by atoms with van der Waals surface area (Å²) < 4.78 is 5.21. The zero-order valence-corrected chi connectivity index (χ0v) is 16.7. The van der Waals surface area contributed by atoms with E-state index < -0.39 is 5.91 Å². The summed E-state index contributed by atoms with van der Waals surface area (Å²) in [4.78, 5) is 24.5. The van der Waals surface area contributed by atoms with Crippen LogP contribution in [0.1, 0.15) is 34.8 Å². The Hall–Kier alpha value is -3.43. The maximum atomic E-state index is 12.4. The fraction of sp³-hybridized carbons (Fsp3) is 0.261. The molecule has 2 N–H and O–H groups in total. The molecular formula is C23H25N3O3. The van der Waals surface area contributed by atoms with Crippen LogP contribution in [0, 0.1) is 18.3 Å². The van der Waals surface area contributed by atoms with Gasteiger partial charge in [-0.2, -0.15) is 5.26 Å². The lowest BCUT2D eigenvalue weighted by atomic mass is 10.1. The van der Waals surface area contributed by atoms with Gasteiger partial charge in [-0.3, -0.25) is 9.59 Å². The average Bonchev–Trinajstić information content (AvgIpc) is 2.72. The number of ether oxygens (including phenoxy) is 1. The van der Waals surface area contributed by atoms with Crippen LogP contribution in [0.5, 0.6) is 0 Å². The Balaban J connectivity index is 2.02. The van der Waals surface area contributed by atoms with Gasteiger partial charge in [-0.05, 0) is 56.2 Å². The predicted molar refractivity (Wildman–Crippen MR) is 113 cm³/mol. The van der Waals surface area contributed by atoms with Crippen LogP contribution in [0.2, 0.25) is 0 Å². The number of rotatable bonds is 9.